The number of hydrogen-bond donors (Lipinski definition) is 1. The molecule has 35 heavy (non-hydrogen) atoms. The van der Waals surface area contributed by atoms with Crippen LogP contribution in [-0.4, -0.2) is 37.0 Å². The lowest BCUT2D eigenvalue weighted by atomic mass is 9.69. The summed E-state index contributed by atoms with van der Waals surface area (Å²) in [5.74, 6) is -2.57. The number of carbonyl (C=O) groups excluding carboxylic acids is 3. The predicted octanol–water partition coefficient (Wildman–Crippen LogP) is 4.57. The van der Waals surface area contributed by atoms with Crippen LogP contribution in [0, 0.1) is 11.8 Å². The fourth-order valence-corrected chi connectivity index (χ4v) is 5.56. The number of benzene rings is 1. The number of para-hydroxylation sites is 1. The van der Waals surface area contributed by atoms with Crippen molar-refractivity contribution in [3.05, 3.63) is 52.4 Å². The minimum absolute atomic E-state index is 0.102. The molecule has 1 N–H and O–H groups in total. The van der Waals surface area contributed by atoms with E-state index in [-0.39, 0.29) is 23.9 Å². The van der Waals surface area contributed by atoms with Gasteiger partial charge in [-0.05, 0) is 64.9 Å². The van der Waals surface area contributed by atoms with E-state index >= 15 is 0 Å². The Morgan fingerprint density at radius 2 is 1.80 bits per heavy atom. The number of esters is 2. The first kappa shape index (κ1) is 25.0. The zero-order valence-electron chi connectivity index (χ0n) is 21.2. The summed E-state index contributed by atoms with van der Waals surface area (Å²) < 4.78 is 17.0. The van der Waals surface area contributed by atoms with Gasteiger partial charge in [0.15, 0.2) is 5.78 Å². The molecule has 1 heterocycles. The second-order valence-corrected chi connectivity index (χ2v) is 10.1. The van der Waals surface area contributed by atoms with Crippen LogP contribution < -0.4 is 10.1 Å². The van der Waals surface area contributed by atoms with E-state index in [1.54, 1.807) is 0 Å². The highest BCUT2D eigenvalue weighted by Gasteiger charge is 2.48. The van der Waals surface area contributed by atoms with Crippen molar-refractivity contribution in [1.82, 2.24) is 5.32 Å². The maximum atomic E-state index is 13.9. The van der Waals surface area contributed by atoms with Gasteiger partial charge in [-0.2, -0.15) is 0 Å². The quantitative estimate of drug-likeness (QED) is 0.470. The van der Waals surface area contributed by atoms with Crippen molar-refractivity contribution in [1.29, 1.82) is 0 Å². The van der Waals surface area contributed by atoms with E-state index in [0.717, 1.165) is 31.4 Å². The lowest BCUT2D eigenvalue weighted by molar-refractivity contribution is -0.151. The van der Waals surface area contributed by atoms with Crippen LogP contribution in [0.3, 0.4) is 0 Å². The van der Waals surface area contributed by atoms with Crippen molar-refractivity contribution >= 4 is 17.7 Å². The molecule has 0 spiro atoms. The molecule has 7 nitrogen and oxygen atoms in total. The van der Waals surface area contributed by atoms with Gasteiger partial charge in [-0.1, -0.05) is 25.1 Å². The van der Waals surface area contributed by atoms with Crippen LogP contribution in [0.4, 0.5) is 0 Å². The van der Waals surface area contributed by atoms with Gasteiger partial charge in [0.1, 0.15) is 17.8 Å². The average Bonchev–Trinajstić information content (AvgIpc) is 3.30. The number of hydrogen-bond acceptors (Lipinski definition) is 7. The Kier molecular flexibility index (Phi) is 7.33. The largest absolute Gasteiger partial charge is 0.491 e. The van der Waals surface area contributed by atoms with Crippen LogP contribution in [-0.2, 0) is 23.9 Å². The van der Waals surface area contributed by atoms with E-state index in [1.807, 2.05) is 52.0 Å². The Balaban J connectivity index is 1.85. The minimum Gasteiger partial charge on any atom is -0.491 e. The van der Waals surface area contributed by atoms with E-state index in [9.17, 15) is 14.4 Å². The van der Waals surface area contributed by atoms with Crippen molar-refractivity contribution in [2.45, 2.75) is 77.9 Å². The van der Waals surface area contributed by atoms with Crippen molar-refractivity contribution in [3.8, 4) is 5.75 Å². The molecule has 1 saturated carbocycles. The normalized spacial score (nSPS) is 24.9. The molecule has 7 heteroatoms. The Labute approximate surface area is 206 Å². The topological polar surface area (TPSA) is 90.9 Å². The van der Waals surface area contributed by atoms with Crippen molar-refractivity contribution in [2.24, 2.45) is 11.8 Å². The molecule has 1 aromatic rings. The molecule has 1 fully saturated rings. The average molecular weight is 482 g/mol. The van der Waals surface area contributed by atoms with Crippen LogP contribution in [0.1, 0.15) is 71.3 Å². The number of ketones is 1. The van der Waals surface area contributed by atoms with Gasteiger partial charge < -0.3 is 19.5 Å². The predicted molar refractivity (Wildman–Crippen MR) is 130 cm³/mol. The number of nitrogens with one attached hydrogen (secondary N) is 1. The maximum Gasteiger partial charge on any atom is 0.337 e. The summed E-state index contributed by atoms with van der Waals surface area (Å²) in [6.07, 6.45) is 4.04. The highest BCUT2D eigenvalue weighted by molar-refractivity contribution is 6.12. The minimum atomic E-state index is -0.924. The zero-order valence-corrected chi connectivity index (χ0v) is 21.2. The van der Waals surface area contributed by atoms with E-state index in [4.69, 9.17) is 14.2 Å². The van der Waals surface area contributed by atoms with Gasteiger partial charge in [-0.25, -0.2) is 4.79 Å². The van der Waals surface area contributed by atoms with Gasteiger partial charge in [-0.3, -0.25) is 9.59 Å². The number of methoxy groups -OCH3 is 1. The molecule has 188 valence electrons. The van der Waals surface area contributed by atoms with Gasteiger partial charge in [0.05, 0.1) is 24.7 Å². The summed E-state index contributed by atoms with van der Waals surface area (Å²) >= 11 is 0. The molecule has 1 aromatic carbocycles. The Bertz CT molecular complexity index is 1080. The highest BCUT2D eigenvalue weighted by atomic mass is 16.5. The SMILES string of the molecule is COC(=O)[C@@H]1C(=O)C2=C(C[C@@H]1C)NC(C)=C(C(=O)OC1CCCC1)[C@H]2c1ccccc1OC(C)C. The van der Waals surface area contributed by atoms with Crippen LogP contribution >= 0.6 is 0 Å². The second-order valence-electron chi connectivity index (χ2n) is 10.1. The number of carbonyl (C=O) groups is 3. The smallest absolute Gasteiger partial charge is 0.337 e. The van der Waals surface area contributed by atoms with Gasteiger partial charge in [-0.15, -0.1) is 0 Å². The maximum absolute atomic E-state index is 13.9. The van der Waals surface area contributed by atoms with Crippen molar-refractivity contribution < 1.29 is 28.6 Å². The fourth-order valence-electron chi connectivity index (χ4n) is 5.56. The van der Waals surface area contributed by atoms with Crippen LogP contribution in [0.5, 0.6) is 5.75 Å². The third-order valence-corrected chi connectivity index (χ3v) is 7.13. The first-order chi connectivity index (χ1) is 16.7. The zero-order chi connectivity index (χ0) is 25.3. The van der Waals surface area contributed by atoms with Crippen LogP contribution in [0.2, 0.25) is 0 Å². The van der Waals surface area contributed by atoms with Crippen molar-refractivity contribution in [2.75, 3.05) is 7.11 Å². The molecule has 3 aliphatic rings. The van der Waals surface area contributed by atoms with Crippen molar-refractivity contribution in [3.63, 3.8) is 0 Å². The van der Waals surface area contributed by atoms with E-state index < -0.39 is 23.8 Å². The molecule has 4 rings (SSSR count). The first-order valence-electron chi connectivity index (χ1n) is 12.5. The van der Waals surface area contributed by atoms with Gasteiger partial charge in [0.25, 0.3) is 0 Å². The van der Waals surface area contributed by atoms with Gasteiger partial charge in [0.2, 0.25) is 0 Å². The van der Waals surface area contributed by atoms with Crippen LogP contribution in [0.25, 0.3) is 0 Å². The molecule has 2 aliphatic carbocycles. The molecular formula is C28H35NO6. The Hall–Kier alpha value is -3.09. The van der Waals surface area contributed by atoms with Gasteiger partial charge in [0, 0.05) is 22.5 Å². The Morgan fingerprint density at radius 1 is 1.11 bits per heavy atom. The van der Waals surface area contributed by atoms with E-state index in [1.165, 1.54) is 7.11 Å². The molecule has 0 saturated heterocycles. The van der Waals surface area contributed by atoms with E-state index in [0.29, 0.717) is 34.6 Å². The molecule has 0 aromatic heterocycles. The summed E-state index contributed by atoms with van der Waals surface area (Å²) in [6.45, 7) is 7.58. The molecule has 0 unspecified atom stereocenters. The third kappa shape index (κ3) is 4.86. The molecular weight excluding hydrogens is 446 g/mol. The molecule has 0 amide bonds. The molecule has 0 radical (unpaired) electrons. The summed E-state index contributed by atoms with van der Waals surface area (Å²) in [4.78, 5) is 40.1. The second kappa shape index (κ2) is 10.3. The molecule has 3 atom stereocenters. The lowest BCUT2D eigenvalue weighted by Crippen LogP contribution is -2.43. The summed E-state index contributed by atoms with van der Waals surface area (Å²) in [5, 5.41) is 3.32. The number of Topliss-reactive ketones (excluding diaryl/α,β-unsaturated/α-hetero) is 1. The van der Waals surface area contributed by atoms with Crippen LogP contribution in [0.15, 0.2) is 46.8 Å². The molecule has 0 bridgehead atoms. The third-order valence-electron chi connectivity index (χ3n) is 7.13. The fraction of sp³-hybridized carbons (Fsp3) is 0.536. The molecule has 1 aliphatic heterocycles. The number of rotatable bonds is 6. The lowest BCUT2D eigenvalue weighted by Gasteiger charge is -2.38. The first-order valence-corrected chi connectivity index (χ1v) is 12.5. The number of ether oxygens (including phenoxy) is 3. The summed E-state index contributed by atoms with van der Waals surface area (Å²) in [5.41, 5.74) is 2.92. The highest BCUT2D eigenvalue weighted by Crippen LogP contribution is 2.48. The van der Waals surface area contributed by atoms with Gasteiger partial charge >= 0.3 is 11.9 Å². The monoisotopic (exact) mass is 481 g/mol. The summed E-state index contributed by atoms with van der Waals surface area (Å²) in [6, 6.07) is 7.47. The summed E-state index contributed by atoms with van der Waals surface area (Å²) in [7, 11) is 1.29. The Morgan fingerprint density at radius 3 is 2.46 bits per heavy atom. The number of dihydropyridines is 1. The standard InChI is InChI=1S/C28H35NO6/c1-15(2)34-21-13-9-8-12-19(21)24-23(28(32)35-18-10-6-7-11-18)17(4)29-20-14-16(3)22(27(31)33-5)26(30)25(20)24/h8-9,12-13,15-16,18,22,24,29H,6-7,10-11,14H2,1-5H3/t16-,22-,24+/m0/s1. The number of allylic oxidation sites excluding steroid dienone is 3. The van der Waals surface area contributed by atoms with E-state index in [2.05, 4.69) is 5.32 Å².